The SMILES string of the molecule is COC(=O)CCCCN1C(=O)[C@@]2(O[C@@H](CC(=O)N(CCO)Cc3ccccc3)[C@H]([Si](C)(C)O)[C@H]2C)c2cc(NC(=O)c3ccc(OC)cc3)ccc21. The molecule has 0 aliphatic carbocycles. The van der Waals surface area contributed by atoms with Gasteiger partial charge < -0.3 is 39.2 Å². The molecule has 0 radical (unpaired) electrons. The van der Waals surface area contributed by atoms with E-state index in [1.165, 1.54) is 7.11 Å². The lowest BCUT2D eigenvalue weighted by Crippen LogP contribution is -2.46. The average molecular weight is 732 g/mol. The molecule has 0 aromatic heterocycles. The van der Waals surface area contributed by atoms with E-state index in [1.807, 2.05) is 37.3 Å². The van der Waals surface area contributed by atoms with Gasteiger partial charge in [-0.1, -0.05) is 37.3 Å². The number of esters is 1. The molecule has 2 aliphatic heterocycles. The number of methoxy groups -OCH3 is 2. The maximum Gasteiger partial charge on any atom is 0.305 e. The molecule has 3 aromatic carbocycles. The van der Waals surface area contributed by atoms with Gasteiger partial charge in [-0.05, 0) is 74.0 Å². The first-order valence-electron chi connectivity index (χ1n) is 17.7. The number of hydrogen-bond acceptors (Lipinski definition) is 9. The largest absolute Gasteiger partial charge is 0.497 e. The van der Waals surface area contributed by atoms with Crippen molar-refractivity contribution in [3.05, 3.63) is 89.5 Å². The van der Waals surface area contributed by atoms with Crippen molar-refractivity contribution in [3.63, 3.8) is 0 Å². The van der Waals surface area contributed by atoms with Crippen LogP contribution in [-0.2, 0) is 36.0 Å². The van der Waals surface area contributed by atoms with Crippen LogP contribution < -0.4 is 15.0 Å². The molecule has 3 amide bonds. The summed E-state index contributed by atoms with van der Waals surface area (Å²) < 4.78 is 16.9. The van der Waals surface area contributed by atoms with Crippen molar-refractivity contribution < 1.29 is 43.3 Å². The van der Waals surface area contributed by atoms with Crippen LogP contribution in [0.4, 0.5) is 11.4 Å². The van der Waals surface area contributed by atoms with Crippen LogP contribution in [0, 0.1) is 5.92 Å². The lowest BCUT2D eigenvalue weighted by atomic mass is 9.82. The van der Waals surface area contributed by atoms with E-state index in [9.17, 15) is 29.1 Å². The van der Waals surface area contributed by atoms with Crippen LogP contribution in [-0.4, -0.2) is 86.8 Å². The molecule has 12 nitrogen and oxygen atoms in total. The minimum absolute atomic E-state index is 0.101. The van der Waals surface area contributed by atoms with Gasteiger partial charge in [0.05, 0.1) is 39.0 Å². The number of fused-ring (bicyclic) bond motifs is 2. The molecular weight excluding hydrogens is 683 g/mol. The molecule has 2 heterocycles. The molecule has 3 N–H and O–H groups in total. The van der Waals surface area contributed by atoms with Crippen molar-refractivity contribution in [2.75, 3.05) is 44.1 Å². The third kappa shape index (κ3) is 8.07. The molecule has 0 saturated carbocycles. The van der Waals surface area contributed by atoms with Gasteiger partial charge in [0, 0.05) is 54.3 Å². The molecule has 278 valence electrons. The Bertz CT molecular complexity index is 1750. The van der Waals surface area contributed by atoms with Crippen LogP contribution in [0.15, 0.2) is 72.8 Å². The quantitative estimate of drug-likeness (QED) is 0.113. The Kier molecular flexibility index (Phi) is 12.2. The summed E-state index contributed by atoms with van der Waals surface area (Å²) in [5.41, 5.74) is 0.844. The van der Waals surface area contributed by atoms with E-state index in [0.29, 0.717) is 47.6 Å². The first-order valence-corrected chi connectivity index (χ1v) is 20.7. The normalized spacial score (nSPS) is 20.9. The number of hydrogen-bond donors (Lipinski definition) is 3. The Morgan fingerprint density at radius 1 is 1.02 bits per heavy atom. The second-order valence-electron chi connectivity index (χ2n) is 14.0. The molecule has 5 rings (SSSR count). The fourth-order valence-electron chi connectivity index (χ4n) is 7.68. The van der Waals surface area contributed by atoms with E-state index >= 15 is 0 Å². The third-order valence-corrected chi connectivity index (χ3v) is 12.7. The standard InChI is InChI=1S/C39H49N3O9Si/c1-26-36(52(4,5)48)33(24-34(44)41(21-22-43)25-27-11-7-6-8-12-27)51-39(26)31-23-29(40-37(46)28-14-17-30(49-2)18-15-28)16-19-32(31)42(38(39)47)20-10-9-13-35(45)50-3/h6-8,11-12,14-19,23,26,33,36,43,48H,9-10,13,20-22,24-25H2,1-5H3,(H,40,46)/t26-,33+,36-,39+/m1/s1. The Hall–Kier alpha value is -4.56. The van der Waals surface area contributed by atoms with Crippen molar-refractivity contribution in [1.29, 1.82) is 0 Å². The first-order chi connectivity index (χ1) is 24.8. The summed E-state index contributed by atoms with van der Waals surface area (Å²) in [6, 6.07) is 21.4. The van der Waals surface area contributed by atoms with E-state index in [0.717, 1.165) is 5.56 Å². The molecule has 1 spiro atoms. The number of rotatable bonds is 15. The van der Waals surface area contributed by atoms with Crippen LogP contribution in [0.25, 0.3) is 0 Å². The smallest absolute Gasteiger partial charge is 0.305 e. The van der Waals surface area contributed by atoms with Gasteiger partial charge in [0.15, 0.2) is 13.9 Å². The number of carbonyl (C=O) groups is 4. The predicted molar refractivity (Wildman–Crippen MR) is 198 cm³/mol. The van der Waals surface area contributed by atoms with Crippen molar-refractivity contribution in [3.8, 4) is 5.75 Å². The number of nitrogens with zero attached hydrogens (tertiary/aromatic N) is 2. The van der Waals surface area contributed by atoms with Crippen LogP contribution >= 0.6 is 0 Å². The van der Waals surface area contributed by atoms with Crippen molar-refractivity contribution in [1.82, 2.24) is 4.90 Å². The summed E-state index contributed by atoms with van der Waals surface area (Å²) in [4.78, 5) is 68.8. The average Bonchev–Trinajstić information content (AvgIpc) is 3.55. The molecule has 0 bridgehead atoms. The first kappa shape index (κ1) is 38.7. The van der Waals surface area contributed by atoms with Gasteiger partial charge in [0.1, 0.15) is 5.75 Å². The Labute approximate surface area is 305 Å². The number of aliphatic hydroxyl groups is 1. The number of unbranched alkanes of at least 4 members (excludes halogenated alkanes) is 1. The second kappa shape index (κ2) is 16.4. The summed E-state index contributed by atoms with van der Waals surface area (Å²) in [6.07, 6.45) is 0.325. The number of aliphatic hydroxyl groups excluding tert-OH is 1. The minimum Gasteiger partial charge on any atom is -0.497 e. The van der Waals surface area contributed by atoms with E-state index in [1.54, 1.807) is 72.5 Å². The van der Waals surface area contributed by atoms with Crippen molar-refractivity contribution >= 4 is 43.4 Å². The van der Waals surface area contributed by atoms with Gasteiger partial charge in [-0.3, -0.25) is 19.2 Å². The molecule has 3 aromatic rings. The molecule has 13 heteroatoms. The second-order valence-corrected chi connectivity index (χ2v) is 18.0. The monoisotopic (exact) mass is 731 g/mol. The summed E-state index contributed by atoms with van der Waals surface area (Å²) in [5, 5.41) is 12.8. The predicted octanol–water partition coefficient (Wildman–Crippen LogP) is 4.85. The summed E-state index contributed by atoms with van der Waals surface area (Å²) in [6.45, 7) is 5.95. The minimum atomic E-state index is -3.10. The summed E-state index contributed by atoms with van der Waals surface area (Å²) >= 11 is 0. The van der Waals surface area contributed by atoms with E-state index in [4.69, 9.17) is 14.2 Å². The highest BCUT2D eigenvalue weighted by Crippen LogP contribution is 2.60. The highest BCUT2D eigenvalue weighted by molar-refractivity contribution is 6.71. The Morgan fingerprint density at radius 3 is 2.37 bits per heavy atom. The lowest BCUT2D eigenvalue weighted by Gasteiger charge is -2.32. The van der Waals surface area contributed by atoms with E-state index < -0.39 is 31.5 Å². The van der Waals surface area contributed by atoms with E-state index in [-0.39, 0.29) is 56.2 Å². The zero-order valence-corrected chi connectivity index (χ0v) is 31.5. The number of benzene rings is 3. The van der Waals surface area contributed by atoms with Crippen LogP contribution in [0.2, 0.25) is 18.6 Å². The van der Waals surface area contributed by atoms with E-state index in [2.05, 4.69) is 5.32 Å². The molecule has 2 aliphatic rings. The maximum atomic E-state index is 14.8. The van der Waals surface area contributed by atoms with Crippen molar-refractivity contribution in [2.45, 2.75) is 69.5 Å². The molecule has 1 saturated heterocycles. The molecule has 0 unspecified atom stereocenters. The summed E-state index contributed by atoms with van der Waals surface area (Å²) in [5.74, 6) is -1.19. The number of nitrogens with one attached hydrogen (secondary N) is 1. The van der Waals surface area contributed by atoms with Gasteiger partial charge in [-0.2, -0.15) is 0 Å². The number of amides is 3. The van der Waals surface area contributed by atoms with Crippen LogP contribution in [0.3, 0.4) is 0 Å². The number of anilines is 2. The van der Waals surface area contributed by atoms with Gasteiger partial charge in [-0.15, -0.1) is 0 Å². The summed E-state index contributed by atoms with van der Waals surface area (Å²) in [7, 11) is -0.212. The molecular formula is C39H49N3O9Si. The van der Waals surface area contributed by atoms with Gasteiger partial charge in [0.25, 0.3) is 11.8 Å². The van der Waals surface area contributed by atoms with Gasteiger partial charge in [0.2, 0.25) is 5.91 Å². The highest BCUT2D eigenvalue weighted by atomic mass is 28.4. The fourth-order valence-corrected chi connectivity index (χ4v) is 10.2. The number of carbonyl (C=O) groups excluding carboxylic acids is 4. The molecule has 4 atom stereocenters. The zero-order valence-electron chi connectivity index (χ0n) is 30.5. The lowest BCUT2D eigenvalue weighted by molar-refractivity contribution is -0.149. The van der Waals surface area contributed by atoms with Crippen molar-refractivity contribution in [2.24, 2.45) is 5.92 Å². The maximum absolute atomic E-state index is 14.8. The molecule has 1 fully saturated rings. The van der Waals surface area contributed by atoms with Crippen LogP contribution in [0.1, 0.15) is 54.1 Å². The third-order valence-electron chi connectivity index (χ3n) is 10.1. The van der Waals surface area contributed by atoms with Crippen LogP contribution in [0.5, 0.6) is 5.75 Å². The van der Waals surface area contributed by atoms with Gasteiger partial charge in [-0.25, -0.2) is 0 Å². The van der Waals surface area contributed by atoms with Gasteiger partial charge >= 0.3 is 5.97 Å². The Balaban J connectivity index is 1.50. The molecule has 52 heavy (non-hydrogen) atoms. The zero-order chi connectivity index (χ0) is 37.6. The number of ether oxygens (including phenoxy) is 3. The fraction of sp³-hybridized carbons (Fsp3) is 0.436. The highest BCUT2D eigenvalue weighted by Gasteiger charge is 2.66. The Morgan fingerprint density at radius 2 is 1.73 bits per heavy atom. The topological polar surface area (TPSA) is 155 Å².